The van der Waals surface area contributed by atoms with Crippen molar-refractivity contribution in [3.05, 3.63) is 48.0 Å². The quantitative estimate of drug-likeness (QED) is 0.610. The van der Waals surface area contributed by atoms with Crippen LogP contribution in [0.1, 0.15) is 5.56 Å². The van der Waals surface area contributed by atoms with Crippen molar-refractivity contribution < 1.29 is 26.3 Å². The SMILES string of the molecule is CS(=O)(=O)c1ccc(OCCNc2nc3cc(C(F)(F)F)ccc3s2)cc1. The summed E-state index contributed by atoms with van der Waals surface area (Å²) in [4.78, 5) is 4.36. The second kappa shape index (κ2) is 7.35. The number of fused-ring (bicyclic) bond motifs is 1. The number of hydrogen-bond donors (Lipinski definition) is 1. The maximum atomic E-state index is 12.7. The van der Waals surface area contributed by atoms with Crippen LogP contribution in [0.3, 0.4) is 0 Å². The molecule has 3 aromatic rings. The lowest BCUT2D eigenvalue weighted by atomic mass is 10.2. The van der Waals surface area contributed by atoms with Gasteiger partial charge in [-0.3, -0.25) is 0 Å². The predicted octanol–water partition coefficient (Wildman–Crippen LogP) is 4.21. The van der Waals surface area contributed by atoms with Crippen molar-refractivity contribution in [2.75, 3.05) is 24.7 Å². The molecular weight excluding hydrogens is 401 g/mol. The molecule has 0 fully saturated rings. The number of ether oxygens (including phenoxy) is 1. The number of thiazole rings is 1. The Hall–Kier alpha value is -2.33. The van der Waals surface area contributed by atoms with Crippen LogP contribution in [0.15, 0.2) is 47.4 Å². The van der Waals surface area contributed by atoms with Gasteiger partial charge < -0.3 is 10.1 Å². The van der Waals surface area contributed by atoms with Crippen molar-refractivity contribution in [2.24, 2.45) is 0 Å². The highest BCUT2D eigenvalue weighted by atomic mass is 32.2. The van der Waals surface area contributed by atoms with E-state index in [1.807, 2.05) is 0 Å². The van der Waals surface area contributed by atoms with E-state index in [1.54, 1.807) is 12.1 Å². The van der Waals surface area contributed by atoms with E-state index in [4.69, 9.17) is 4.74 Å². The van der Waals surface area contributed by atoms with Crippen LogP contribution >= 0.6 is 11.3 Å². The number of halogens is 3. The Balaban J connectivity index is 1.56. The lowest BCUT2D eigenvalue weighted by Gasteiger charge is -2.07. The highest BCUT2D eigenvalue weighted by Gasteiger charge is 2.30. The van der Waals surface area contributed by atoms with Crippen molar-refractivity contribution in [3.63, 3.8) is 0 Å². The van der Waals surface area contributed by atoms with Gasteiger partial charge in [0.1, 0.15) is 12.4 Å². The Bertz CT molecular complexity index is 1050. The average molecular weight is 416 g/mol. The van der Waals surface area contributed by atoms with Gasteiger partial charge in [-0.05, 0) is 42.5 Å². The molecule has 0 unspecified atom stereocenters. The molecule has 0 aliphatic rings. The summed E-state index contributed by atoms with van der Waals surface area (Å²) in [6.45, 7) is 0.668. The molecule has 0 aliphatic carbocycles. The first-order valence-corrected chi connectivity index (χ1v) is 10.5. The zero-order chi connectivity index (χ0) is 19.7. The van der Waals surface area contributed by atoms with Gasteiger partial charge in [0, 0.05) is 6.26 Å². The zero-order valence-corrected chi connectivity index (χ0v) is 15.7. The van der Waals surface area contributed by atoms with Crippen LogP contribution < -0.4 is 10.1 Å². The number of benzene rings is 2. The van der Waals surface area contributed by atoms with Crippen molar-refractivity contribution in [3.8, 4) is 5.75 Å². The number of anilines is 1. The van der Waals surface area contributed by atoms with Gasteiger partial charge in [0.2, 0.25) is 0 Å². The molecule has 0 saturated heterocycles. The lowest BCUT2D eigenvalue weighted by Crippen LogP contribution is -2.11. The fourth-order valence-corrected chi connectivity index (χ4v) is 3.79. The zero-order valence-electron chi connectivity index (χ0n) is 14.1. The molecule has 27 heavy (non-hydrogen) atoms. The van der Waals surface area contributed by atoms with Crippen LogP contribution in [-0.2, 0) is 16.0 Å². The summed E-state index contributed by atoms with van der Waals surface area (Å²) in [5, 5.41) is 3.50. The summed E-state index contributed by atoms with van der Waals surface area (Å²) in [6.07, 6.45) is -3.27. The van der Waals surface area contributed by atoms with E-state index in [0.29, 0.717) is 22.1 Å². The van der Waals surface area contributed by atoms with E-state index in [9.17, 15) is 21.6 Å². The van der Waals surface area contributed by atoms with E-state index in [0.717, 1.165) is 18.4 Å². The van der Waals surface area contributed by atoms with Crippen molar-refractivity contribution >= 4 is 36.5 Å². The Kier molecular flexibility index (Phi) is 5.29. The summed E-state index contributed by atoms with van der Waals surface area (Å²) >= 11 is 1.26. The molecule has 0 spiro atoms. The van der Waals surface area contributed by atoms with Gasteiger partial charge in [0.15, 0.2) is 15.0 Å². The molecule has 0 saturated carbocycles. The van der Waals surface area contributed by atoms with E-state index >= 15 is 0 Å². The molecule has 0 bridgehead atoms. The number of alkyl halides is 3. The number of sulfone groups is 1. The molecule has 3 rings (SSSR count). The van der Waals surface area contributed by atoms with E-state index in [1.165, 1.54) is 29.5 Å². The molecule has 1 aromatic heterocycles. The largest absolute Gasteiger partial charge is 0.492 e. The number of rotatable bonds is 6. The average Bonchev–Trinajstić information content (AvgIpc) is 2.99. The van der Waals surface area contributed by atoms with Crippen molar-refractivity contribution in [1.82, 2.24) is 4.98 Å². The Labute approximate surface area is 157 Å². The van der Waals surface area contributed by atoms with Gasteiger partial charge in [-0.1, -0.05) is 11.3 Å². The van der Waals surface area contributed by atoms with Crippen LogP contribution in [0.25, 0.3) is 10.2 Å². The number of hydrogen-bond acceptors (Lipinski definition) is 6. The summed E-state index contributed by atoms with van der Waals surface area (Å²) in [5.41, 5.74) is -0.442. The second-order valence-corrected chi connectivity index (χ2v) is 8.76. The van der Waals surface area contributed by atoms with E-state index in [-0.39, 0.29) is 17.0 Å². The second-order valence-electron chi connectivity index (χ2n) is 5.72. The van der Waals surface area contributed by atoms with Crippen molar-refractivity contribution in [1.29, 1.82) is 0 Å². The molecule has 0 atom stereocenters. The van der Waals surface area contributed by atoms with Crippen LogP contribution in [0.5, 0.6) is 5.75 Å². The molecule has 2 aromatic carbocycles. The van der Waals surface area contributed by atoms with Crippen LogP contribution in [0.4, 0.5) is 18.3 Å². The summed E-state index contributed by atoms with van der Waals surface area (Å²) in [5.74, 6) is 0.517. The number of nitrogens with zero attached hydrogens (tertiary/aromatic N) is 1. The standard InChI is InChI=1S/C17H15F3N2O3S2/c1-27(23,24)13-5-3-12(4-6-13)25-9-8-21-16-22-14-10-11(17(18,19)20)2-7-15(14)26-16/h2-7,10H,8-9H2,1H3,(H,21,22). The summed E-state index contributed by atoms with van der Waals surface area (Å²) in [6, 6.07) is 9.51. The molecular formula is C17H15F3N2O3S2. The number of nitrogens with one attached hydrogen (secondary N) is 1. The number of aromatic nitrogens is 1. The van der Waals surface area contributed by atoms with Crippen LogP contribution in [-0.4, -0.2) is 32.8 Å². The molecule has 10 heteroatoms. The minimum Gasteiger partial charge on any atom is -0.492 e. The molecule has 0 radical (unpaired) electrons. The van der Waals surface area contributed by atoms with Gasteiger partial charge in [-0.25, -0.2) is 13.4 Å². The maximum Gasteiger partial charge on any atom is 0.416 e. The van der Waals surface area contributed by atoms with Gasteiger partial charge in [-0.15, -0.1) is 0 Å². The smallest absolute Gasteiger partial charge is 0.416 e. The minimum absolute atomic E-state index is 0.209. The highest BCUT2D eigenvalue weighted by Crippen LogP contribution is 2.33. The molecule has 1 heterocycles. The third kappa shape index (κ3) is 4.89. The Morgan fingerprint density at radius 3 is 2.48 bits per heavy atom. The molecule has 0 aliphatic heterocycles. The molecule has 5 nitrogen and oxygen atoms in total. The van der Waals surface area contributed by atoms with E-state index in [2.05, 4.69) is 10.3 Å². The molecule has 144 valence electrons. The fourth-order valence-electron chi connectivity index (χ4n) is 2.29. The highest BCUT2D eigenvalue weighted by molar-refractivity contribution is 7.90. The lowest BCUT2D eigenvalue weighted by molar-refractivity contribution is -0.137. The minimum atomic E-state index is -4.40. The summed E-state index contributed by atoms with van der Waals surface area (Å²) in [7, 11) is -3.25. The predicted molar refractivity (Wildman–Crippen MR) is 98.2 cm³/mol. The van der Waals surface area contributed by atoms with Crippen LogP contribution in [0, 0.1) is 0 Å². The van der Waals surface area contributed by atoms with Crippen molar-refractivity contribution in [2.45, 2.75) is 11.1 Å². The first-order chi connectivity index (χ1) is 12.6. The molecule has 1 N–H and O–H groups in total. The first kappa shape index (κ1) is 19.4. The van der Waals surface area contributed by atoms with Gasteiger partial charge in [0.05, 0.1) is 27.2 Å². The topological polar surface area (TPSA) is 68.3 Å². The normalized spacial score (nSPS) is 12.3. The first-order valence-electron chi connectivity index (χ1n) is 7.77. The van der Waals surface area contributed by atoms with Gasteiger partial charge >= 0.3 is 6.18 Å². The summed E-state index contributed by atoms with van der Waals surface area (Å²) < 4.78 is 67.1. The van der Waals surface area contributed by atoms with Crippen LogP contribution in [0.2, 0.25) is 0 Å². The fraction of sp³-hybridized carbons (Fsp3) is 0.235. The third-order valence-electron chi connectivity index (χ3n) is 3.61. The monoisotopic (exact) mass is 416 g/mol. The maximum absolute atomic E-state index is 12.7. The van der Waals surface area contributed by atoms with Gasteiger partial charge in [-0.2, -0.15) is 13.2 Å². The third-order valence-corrected chi connectivity index (χ3v) is 5.74. The van der Waals surface area contributed by atoms with E-state index < -0.39 is 21.6 Å². The van der Waals surface area contributed by atoms with Gasteiger partial charge in [0.25, 0.3) is 0 Å². The Morgan fingerprint density at radius 2 is 1.85 bits per heavy atom. The Morgan fingerprint density at radius 1 is 1.15 bits per heavy atom. The molecule has 0 amide bonds.